The van der Waals surface area contributed by atoms with Gasteiger partial charge in [0.15, 0.2) is 0 Å². The van der Waals surface area contributed by atoms with Gasteiger partial charge in [-0.2, -0.15) is 0 Å². The molecule has 3 rings (SSSR count). The highest BCUT2D eigenvalue weighted by molar-refractivity contribution is 8.26. The van der Waals surface area contributed by atoms with Crippen molar-refractivity contribution in [2.75, 3.05) is 19.8 Å². The third-order valence-electron chi connectivity index (χ3n) is 3.53. The topological polar surface area (TPSA) is 45.9 Å². The standard InChI is InChI=1S/C15H18N2O3S2/c1-10-7-16(8-11(2)20-10)9-17-14(18)13(22-15(17)21)6-12-4-3-5-19-12/h3-6,10-11H,7-9H2,1-2H3/b13-6-/t10-,11-/m1/s1. The molecular formula is C15H18N2O3S2. The molecule has 2 aliphatic heterocycles. The minimum atomic E-state index is -0.0572. The molecule has 0 N–H and O–H groups in total. The highest BCUT2D eigenvalue weighted by atomic mass is 32.2. The number of ether oxygens (including phenoxy) is 1. The van der Waals surface area contributed by atoms with Gasteiger partial charge in [-0.15, -0.1) is 0 Å². The number of nitrogens with zero attached hydrogens (tertiary/aromatic N) is 2. The van der Waals surface area contributed by atoms with Crippen molar-refractivity contribution >= 4 is 40.3 Å². The molecule has 5 nitrogen and oxygen atoms in total. The molecule has 1 amide bonds. The lowest BCUT2D eigenvalue weighted by Gasteiger charge is -2.36. The maximum atomic E-state index is 12.5. The van der Waals surface area contributed by atoms with E-state index in [0.29, 0.717) is 21.7 Å². The van der Waals surface area contributed by atoms with Crippen LogP contribution in [0.2, 0.25) is 0 Å². The van der Waals surface area contributed by atoms with Crippen molar-refractivity contribution in [3.05, 3.63) is 29.1 Å². The van der Waals surface area contributed by atoms with E-state index in [0.717, 1.165) is 13.1 Å². The molecule has 1 aromatic heterocycles. The highest BCUT2D eigenvalue weighted by Gasteiger charge is 2.34. The van der Waals surface area contributed by atoms with E-state index in [1.165, 1.54) is 11.8 Å². The summed E-state index contributed by atoms with van der Waals surface area (Å²) in [5.41, 5.74) is 0. The Labute approximate surface area is 139 Å². The van der Waals surface area contributed by atoms with Crippen LogP contribution in [0.25, 0.3) is 6.08 Å². The largest absolute Gasteiger partial charge is 0.465 e. The van der Waals surface area contributed by atoms with Crippen molar-refractivity contribution in [1.82, 2.24) is 9.80 Å². The number of hydrogen-bond donors (Lipinski definition) is 0. The van der Waals surface area contributed by atoms with E-state index in [9.17, 15) is 4.79 Å². The van der Waals surface area contributed by atoms with Crippen molar-refractivity contribution < 1.29 is 13.9 Å². The second-order valence-electron chi connectivity index (χ2n) is 5.56. The van der Waals surface area contributed by atoms with Crippen molar-refractivity contribution in [2.24, 2.45) is 0 Å². The van der Waals surface area contributed by atoms with Gasteiger partial charge >= 0.3 is 0 Å². The zero-order valence-corrected chi connectivity index (χ0v) is 14.2. The van der Waals surface area contributed by atoms with Crippen LogP contribution in [0.1, 0.15) is 19.6 Å². The molecule has 118 valence electrons. The van der Waals surface area contributed by atoms with E-state index in [2.05, 4.69) is 4.90 Å². The first-order chi connectivity index (χ1) is 10.5. The van der Waals surface area contributed by atoms with Crippen LogP contribution in [0, 0.1) is 0 Å². The smallest absolute Gasteiger partial charge is 0.267 e. The van der Waals surface area contributed by atoms with Crippen LogP contribution in [0.3, 0.4) is 0 Å². The van der Waals surface area contributed by atoms with Crippen molar-refractivity contribution in [1.29, 1.82) is 0 Å². The third kappa shape index (κ3) is 3.43. The van der Waals surface area contributed by atoms with E-state index in [4.69, 9.17) is 21.4 Å². The molecule has 0 bridgehead atoms. The fraction of sp³-hybridized carbons (Fsp3) is 0.467. The molecule has 2 aliphatic rings. The predicted molar refractivity (Wildman–Crippen MR) is 90.2 cm³/mol. The number of carbonyl (C=O) groups is 1. The zero-order chi connectivity index (χ0) is 15.7. The molecule has 2 atom stereocenters. The Balaban J connectivity index is 1.69. The number of amides is 1. The Morgan fingerprint density at radius 2 is 2.14 bits per heavy atom. The number of carbonyl (C=O) groups excluding carboxylic acids is 1. The third-order valence-corrected chi connectivity index (χ3v) is 4.90. The van der Waals surface area contributed by atoms with Gasteiger partial charge in [0.2, 0.25) is 0 Å². The van der Waals surface area contributed by atoms with Gasteiger partial charge in [-0.3, -0.25) is 14.6 Å². The van der Waals surface area contributed by atoms with Crippen LogP contribution < -0.4 is 0 Å². The summed E-state index contributed by atoms with van der Waals surface area (Å²) < 4.78 is 11.6. The number of furan rings is 1. The van der Waals surface area contributed by atoms with Crippen LogP contribution in [0.15, 0.2) is 27.7 Å². The molecular weight excluding hydrogens is 320 g/mol. The van der Waals surface area contributed by atoms with E-state index in [1.807, 2.05) is 19.9 Å². The van der Waals surface area contributed by atoms with Gasteiger partial charge in [-0.1, -0.05) is 24.0 Å². The maximum Gasteiger partial charge on any atom is 0.267 e. The van der Waals surface area contributed by atoms with Gasteiger partial charge in [-0.05, 0) is 26.0 Å². The molecule has 0 saturated carbocycles. The van der Waals surface area contributed by atoms with Crippen LogP contribution >= 0.6 is 24.0 Å². The van der Waals surface area contributed by atoms with E-state index in [-0.39, 0.29) is 18.1 Å². The van der Waals surface area contributed by atoms with Crippen LogP contribution in [0.5, 0.6) is 0 Å². The predicted octanol–water partition coefficient (Wildman–Crippen LogP) is 2.55. The Hall–Kier alpha value is -1.15. The Morgan fingerprint density at radius 3 is 2.77 bits per heavy atom. The minimum absolute atomic E-state index is 0.0572. The number of thioether (sulfide) groups is 1. The molecule has 0 aromatic carbocycles. The monoisotopic (exact) mass is 338 g/mol. The Morgan fingerprint density at radius 1 is 1.41 bits per heavy atom. The molecule has 22 heavy (non-hydrogen) atoms. The van der Waals surface area contributed by atoms with Gasteiger partial charge in [0, 0.05) is 19.2 Å². The van der Waals surface area contributed by atoms with Crippen LogP contribution in [-0.2, 0) is 9.53 Å². The van der Waals surface area contributed by atoms with E-state index >= 15 is 0 Å². The van der Waals surface area contributed by atoms with E-state index in [1.54, 1.807) is 23.3 Å². The number of hydrogen-bond acceptors (Lipinski definition) is 6. The summed E-state index contributed by atoms with van der Waals surface area (Å²) in [5.74, 6) is 0.604. The average molecular weight is 338 g/mol. The summed E-state index contributed by atoms with van der Waals surface area (Å²) in [5, 5.41) is 0. The first-order valence-electron chi connectivity index (χ1n) is 7.19. The second kappa shape index (κ2) is 6.54. The van der Waals surface area contributed by atoms with E-state index < -0.39 is 0 Å². The molecule has 2 fully saturated rings. The SMILES string of the molecule is C[C@@H]1CN(CN2C(=O)/C(=C/c3ccco3)SC2=S)C[C@@H](C)O1. The summed E-state index contributed by atoms with van der Waals surface area (Å²) in [6.07, 6.45) is 3.66. The quantitative estimate of drug-likeness (QED) is 0.623. The number of rotatable bonds is 3. The maximum absolute atomic E-state index is 12.5. The van der Waals surface area contributed by atoms with Crippen LogP contribution in [0.4, 0.5) is 0 Å². The molecule has 7 heteroatoms. The lowest BCUT2D eigenvalue weighted by atomic mass is 10.2. The van der Waals surface area contributed by atoms with Gasteiger partial charge < -0.3 is 9.15 Å². The Bertz CT molecular complexity index is 590. The van der Waals surface area contributed by atoms with Gasteiger partial charge in [0.05, 0.1) is 30.0 Å². The molecule has 0 spiro atoms. The second-order valence-corrected chi connectivity index (χ2v) is 7.24. The number of morpholine rings is 1. The normalized spacial score (nSPS) is 28.8. The summed E-state index contributed by atoms with van der Waals surface area (Å²) in [6.45, 7) is 6.21. The molecule has 0 radical (unpaired) electrons. The summed E-state index contributed by atoms with van der Waals surface area (Å²) in [6, 6.07) is 3.61. The summed E-state index contributed by atoms with van der Waals surface area (Å²) >= 11 is 6.68. The number of thiocarbonyl (C=S) groups is 1. The highest BCUT2D eigenvalue weighted by Crippen LogP contribution is 2.33. The van der Waals surface area contributed by atoms with Gasteiger partial charge in [0.25, 0.3) is 5.91 Å². The van der Waals surface area contributed by atoms with Crippen molar-refractivity contribution in [3.8, 4) is 0 Å². The zero-order valence-electron chi connectivity index (χ0n) is 12.5. The molecule has 0 aliphatic carbocycles. The summed E-state index contributed by atoms with van der Waals surface area (Å²) in [7, 11) is 0. The van der Waals surface area contributed by atoms with Gasteiger partial charge in [-0.25, -0.2) is 0 Å². The molecule has 3 heterocycles. The molecule has 0 unspecified atom stereocenters. The molecule has 2 saturated heterocycles. The fourth-order valence-electron chi connectivity index (χ4n) is 2.72. The van der Waals surface area contributed by atoms with Crippen molar-refractivity contribution in [2.45, 2.75) is 26.1 Å². The Kier molecular flexibility index (Phi) is 4.67. The first kappa shape index (κ1) is 15.7. The molecule has 1 aromatic rings. The first-order valence-corrected chi connectivity index (χ1v) is 8.42. The minimum Gasteiger partial charge on any atom is -0.465 e. The van der Waals surface area contributed by atoms with Crippen LogP contribution in [-0.4, -0.2) is 52.0 Å². The lowest BCUT2D eigenvalue weighted by Crippen LogP contribution is -2.50. The van der Waals surface area contributed by atoms with Gasteiger partial charge in [0.1, 0.15) is 10.1 Å². The average Bonchev–Trinajstić information content (AvgIpc) is 3.03. The fourth-order valence-corrected chi connectivity index (χ4v) is 3.95. The lowest BCUT2D eigenvalue weighted by molar-refractivity contribution is -0.126. The van der Waals surface area contributed by atoms with Crippen molar-refractivity contribution in [3.63, 3.8) is 0 Å². The summed E-state index contributed by atoms with van der Waals surface area (Å²) in [4.78, 5) is 17.0.